The number of carbonyl (C=O) groups is 1. The lowest BCUT2D eigenvalue weighted by Crippen LogP contribution is -2.55. The molecule has 1 aromatic heterocycles. The highest BCUT2D eigenvalue weighted by molar-refractivity contribution is 5.98. The number of piperidine rings is 1. The van der Waals surface area contributed by atoms with Crippen LogP contribution in [0.15, 0.2) is 18.5 Å². The number of pyridine rings is 1. The van der Waals surface area contributed by atoms with Gasteiger partial charge in [-0.3, -0.25) is 14.7 Å². The number of aromatic nitrogens is 1. The van der Waals surface area contributed by atoms with Crippen LogP contribution in [0.5, 0.6) is 5.75 Å². The number of ketones is 1. The van der Waals surface area contributed by atoms with Crippen molar-refractivity contribution < 1.29 is 14.3 Å². The first-order chi connectivity index (χ1) is 9.69. The van der Waals surface area contributed by atoms with Crippen molar-refractivity contribution in [3.05, 3.63) is 24.0 Å². The predicted octanol–water partition coefficient (Wildman–Crippen LogP) is 1.38. The van der Waals surface area contributed by atoms with E-state index in [1.165, 1.54) is 0 Å². The smallest absolute Gasteiger partial charge is 0.167 e. The highest BCUT2D eigenvalue weighted by atomic mass is 16.5. The average molecular weight is 276 g/mol. The summed E-state index contributed by atoms with van der Waals surface area (Å²) in [4.78, 5) is 19.1. The van der Waals surface area contributed by atoms with E-state index in [-0.39, 0.29) is 11.7 Å². The molecule has 1 aromatic rings. The lowest BCUT2D eigenvalue weighted by Gasteiger charge is -2.46. The number of methoxy groups -OCH3 is 1. The zero-order valence-electron chi connectivity index (χ0n) is 11.9. The third-order valence-corrected chi connectivity index (χ3v) is 4.49. The molecule has 5 heteroatoms. The van der Waals surface area contributed by atoms with Gasteiger partial charge in [0.2, 0.25) is 0 Å². The van der Waals surface area contributed by atoms with E-state index >= 15 is 0 Å². The van der Waals surface area contributed by atoms with Crippen LogP contribution in [0.25, 0.3) is 0 Å². The molecule has 0 aliphatic carbocycles. The standard InChI is InChI=1S/C15H20N2O3/c1-17-12-3-10(4-13(17)9-20-8-12)15(18)11-5-14(19-2)7-16-6-11/h5-7,10,12-13H,3-4,8-9H2,1-2H3. The molecule has 0 spiro atoms. The maximum atomic E-state index is 12.7. The monoisotopic (exact) mass is 276 g/mol. The van der Waals surface area contributed by atoms with E-state index < -0.39 is 0 Å². The van der Waals surface area contributed by atoms with Gasteiger partial charge in [-0.05, 0) is 26.0 Å². The number of hydrogen-bond donors (Lipinski definition) is 0. The molecule has 0 N–H and O–H groups in total. The number of carbonyl (C=O) groups excluding carboxylic acids is 1. The molecule has 2 unspecified atom stereocenters. The molecule has 2 fully saturated rings. The molecule has 5 nitrogen and oxygen atoms in total. The van der Waals surface area contributed by atoms with Crippen molar-refractivity contribution >= 4 is 5.78 Å². The van der Waals surface area contributed by atoms with E-state index in [2.05, 4.69) is 16.9 Å². The highest BCUT2D eigenvalue weighted by Crippen LogP contribution is 2.32. The lowest BCUT2D eigenvalue weighted by atomic mass is 9.81. The number of fused-ring (bicyclic) bond motifs is 2. The van der Waals surface area contributed by atoms with E-state index in [1.54, 1.807) is 25.6 Å². The van der Waals surface area contributed by atoms with Gasteiger partial charge in [0.25, 0.3) is 0 Å². The molecule has 3 heterocycles. The van der Waals surface area contributed by atoms with Crippen molar-refractivity contribution in [3.63, 3.8) is 0 Å². The van der Waals surface area contributed by atoms with Crippen LogP contribution in [0.4, 0.5) is 0 Å². The summed E-state index contributed by atoms with van der Waals surface area (Å²) in [7, 11) is 3.72. The Bertz CT molecular complexity index is 492. The highest BCUT2D eigenvalue weighted by Gasteiger charge is 2.39. The summed E-state index contributed by atoms with van der Waals surface area (Å²) in [5.41, 5.74) is 0.651. The topological polar surface area (TPSA) is 51.7 Å². The zero-order valence-corrected chi connectivity index (χ0v) is 11.9. The Kier molecular flexibility index (Phi) is 3.72. The van der Waals surface area contributed by atoms with Gasteiger partial charge in [0.15, 0.2) is 5.78 Å². The Morgan fingerprint density at radius 2 is 2.05 bits per heavy atom. The van der Waals surface area contributed by atoms with Gasteiger partial charge >= 0.3 is 0 Å². The maximum absolute atomic E-state index is 12.7. The van der Waals surface area contributed by atoms with E-state index in [0.717, 1.165) is 26.1 Å². The molecule has 2 bridgehead atoms. The molecule has 0 aromatic carbocycles. The summed E-state index contributed by atoms with van der Waals surface area (Å²) in [6, 6.07) is 2.49. The fraction of sp³-hybridized carbons (Fsp3) is 0.600. The number of rotatable bonds is 3. The second-order valence-electron chi connectivity index (χ2n) is 5.66. The maximum Gasteiger partial charge on any atom is 0.167 e. The molecular formula is C15H20N2O3. The first kappa shape index (κ1) is 13.5. The summed E-state index contributed by atoms with van der Waals surface area (Å²) < 4.78 is 10.7. The lowest BCUT2D eigenvalue weighted by molar-refractivity contribution is -0.0702. The van der Waals surface area contributed by atoms with Gasteiger partial charge < -0.3 is 9.47 Å². The van der Waals surface area contributed by atoms with Crippen LogP contribution in [0.3, 0.4) is 0 Å². The summed E-state index contributed by atoms with van der Waals surface area (Å²) in [6.07, 6.45) is 4.98. The van der Waals surface area contributed by atoms with Gasteiger partial charge in [-0.15, -0.1) is 0 Å². The Hall–Kier alpha value is -1.46. The van der Waals surface area contributed by atoms with Crippen molar-refractivity contribution in [3.8, 4) is 5.75 Å². The van der Waals surface area contributed by atoms with E-state index in [9.17, 15) is 4.79 Å². The summed E-state index contributed by atoms with van der Waals surface area (Å²) in [6.45, 7) is 1.46. The minimum absolute atomic E-state index is 0.0685. The molecule has 3 rings (SSSR count). The Morgan fingerprint density at radius 3 is 2.70 bits per heavy atom. The number of likely N-dealkylation sites (N-methyl/N-ethyl adjacent to an activating group) is 1. The van der Waals surface area contributed by atoms with E-state index in [4.69, 9.17) is 9.47 Å². The quantitative estimate of drug-likeness (QED) is 0.781. The molecular weight excluding hydrogens is 256 g/mol. The average Bonchev–Trinajstić information content (AvgIpc) is 2.46. The number of Topliss-reactive ketones (excluding diaryl/α,β-unsaturated/α-hetero) is 1. The second-order valence-corrected chi connectivity index (χ2v) is 5.66. The van der Waals surface area contributed by atoms with Gasteiger partial charge in [0.05, 0.1) is 26.5 Å². The molecule has 0 saturated carbocycles. The molecule has 0 amide bonds. The number of nitrogens with zero attached hydrogens (tertiary/aromatic N) is 2. The van der Waals surface area contributed by atoms with Crippen LogP contribution in [0.1, 0.15) is 23.2 Å². The molecule has 2 aliphatic rings. The van der Waals surface area contributed by atoms with Crippen LogP contribution < -0.4 is 4.74 Å². The van der Waals surface area contributed by atoms with Crippen molar-refractivity contribution in [2.75, 3.05) is 27.4 Å². The second kappa shape index (κ2) is 5.50. The van der Waals surface area contributed by atoms with Gasteiger partial charge in [0, 0.05) is 29.8 Å². The molecule has 20 heavy (non-hydrogen) atoms. The molecule has 108 valence electrons. The molecule has 2 aliphatic heterocycles. The molecule has 2 saturated heterocycles. The minimum atomic E-state index is 0.0685. The molecule has 0 radical (unpaired) electrons. The Labute approximate surface area is 118 Å². The van der Waals surface area contributed by atoms with Crippen molar-refractivity contribution in [1.29, 1.82) is 0 Å². The molecule has 2 atom stereocenters. The summed E-state index contributed by atoms with van der Waals surface area (Å²) in [5.74, 6) is 0.882. The van der Waals surface area contributed by atoms with Crippen LogP contribution in [-0.4, -0.2) is 55.1 Å². The Balaban J connectivity index is 1.77. The normalized spacial score (nSPS) is 30.0. The zero-order chi connectivity index (χ0) is 14.1. The largest absolute Gasteiger partial charge is 0.495 e. The predicted molar refractivity (Wildman–Crippen MR) is 74.0 cm³/mol. The fourth-order valence-corrected chi connectivity index (χ4v) is 3.21. The Morgan fingerprint density at radius 1 is 1.35 bits per heavy atom. The van der Waals surface area contributed by atoms with E-state index in [0.29, 0.717) is 23.4 Å². The van der Waals surface area contributed by atoms with Gasteiger partial charge in [-0.2, -0.15) is 0 Å². The van der Waals surface area contributed by atoms with E-state index in [1.807, 2.05) is 0 Å². The third kappa shape index (κ3) is 2.43. The van der Waals surface area contributed by atoms with Crippen LogP contribution >= 0.6 is 0 Å². The first-order valence-electron chi connectivity index (χ1n) is 7.02. The third-order valence-electron chi connectivity index (χ3n) is 4.49. The SMILES string of the molecule is COc1cncc(C(=O)C2CC3COCC(C2)N3C)c1. The van der Waals surface area contributed by atoms with Crippen molar-refractivity contribution in [2.24, 2.45) is 5.92 Å². The van der Waals surface area contributed by atoms with Crippen molar-refractivity contribution in [2.45, 2.75) is 24.9 Å². The first-order valence-corrected chi connectivity index (χ1v) is 7.02. The van der Waals surface area contributed by atoms with Crippen LogP contribution in [0, 0.1) is 5.92 Å². The van der Waals surface area contributed by atoms with Crippen molar-refractivity contribution in [1.82, 2.24) is 9.88 Å². The minimum Gasteiger partial charge on any atom is -0.495 e. The number of ether oxygens (including phenoxy) is 2. The number of hydrogen-bond acceptors (Lipinski definition) is 5. The summed E-state index contributed by atoms with van der Waals surface area (Å²) >= 11 is 0. The van der Waals surface area contributed by atoms with Gasteiger partial charge in [-0.1, -0.05) is 0 Å². The number of morpholine rings is 1. The van der Waals surface area contributed by atoms with Gasteiger partial charge in [0.1, 0.15) is 5.75 Å². The van der Waals surface area contributed by atoms with Crippen LogP contribution in [-0.2, 0) is 4.74 Å². The van der Waals surface area contributed by atoms with Crippen LogP contribution in [0.2, 0.25) is 0 Å². The fourth-order valence-electron chi connectivity index (χ4n) is 3.21. The van der Waals surface area contributed by atoms with Gasteiger partial charge in [-0.25, -0.2) is 0 Å². The summed E-state index contributed by atoms with van der Waals surface area (Å²) in [5, 5.41) is 0.